The molecule has 3 aromatic rings. The van der Waals surface area contributed by atoms with Crippen molar-refractivity contribution >= 4 is 11.8 Å². The van der Waals surface area contributed by atoms with Crippen LogP contribution in [0.1, 0.15) is 62.7 Å². The van der Waals surface area contributed by atoms with Crippen LogP contribution in [-0.2, 0) is 19.4 Å². The van der Waals surface area contributed by atoms with Gasteiger partial charge in [-0.2, -0.15) is 0 Å². The van der Waals surface area contributed by atoms with Gasteiger partial charge in [-0.3, -0.25) is 14.6 Å². The van der Waals surface area contributed by atoms with Gasteiger partial charge >= 0.3 is 0 Å². The number of aryl methyl sites for hydroxylation is 2. The van der Waals surface area contributed by atoms with E-state index >= 15 is 0 Å². The molecule has 4 N–H and O–H groups in total. The predicted molar refractivity (Wildman–Crippen MR) is 151 cm³/mol. The van der Waals surface area contributed by atoms with Gasteiger partial charge in [0.2, 0.25) is 0 Å². The zero-order valence-corrected chi connectivity index (χ0v) is 23.0. The summed E-state index contributed by atoms with van der Waals surface area (Å²) < 4.78 is 20.2. The van der Waals surface area contributed by atoms with Crippen LogP contribution in [0.25, 0.3) is 0 Å². The van der Waals surface area contributed by atoms with E-state index in [0.29, 0.717) is 55.0 Å². The van der Waals surface area contributed by atoms with Gasteiger partial charge in [0.05, 0.1) is 18.8 Å². The Morgan fingerprint density at radius 1 is 1.05 bits per heavy atom. The SMILES string of the molecule is CCc1cncc(CNCC(O)C2Cc3cc(F)cc(c3)OCCCCNC(=O)c3cc(C)cc(c3)C(=O)N2)c1. The van der Waals surface area contributed by atoms with Crippen LogP contribution < -0.4 is 20.7 Å². The molecule has 2 amide bonds. The number of aromatic nitrogens is 1. The van der Waals surface area contributed by atoms with E-state index in [-0.39, 0.29) is 18.9 Å². The summed E-state index contributed by atoms with van der Waals surface area (Å²) in [6.07, 6.45) is 5.02. The minimum Gasteiger partial charge on any atom is -0.493 e. The van der Waals surface area contributed by atoms with Crippen LogP contribution >= 0.6 is 0 Å². The Morgan fingerprint density at radius 3 is 2.62 bits per heavy atom. The van der Waals surface area contributed by atoms with Crippen LogP contribution in [0.3, 0.4) is 0 Å². The lowest BCUT2D eigenvalue weighted by Gasteiger charge is -2.25. The number of nitrogens with one attached hydrogen (secondary N) is 3. The number of benzene rings is 2. The molecule has 4 bridgehead atoms. The third-order valence-corrected chi connectivity index (χ3v) is 6.84. The topological polar surface area (TPSA) is 113 Å². The largest absolute Gasteiger partial charge is 0.493 e. The molecule has 1 aromatic heterocycles. The Labute approximate surface area is 234 Å². The summed E-state index contributed by atoms with van der Waals surface area (Å²) in [6, 6.07) is 10.7. The number of nitrogens with zero attached hydrogens (tertiary/aromatic N) is 1. The zero-order valence-electron chi connectivity index (χ0n) is 23.0. The molecule has 0 saturated carbocycles. The number of amides is 2. The molecule has 0 spiro atoms. The number of ether oxygens (including phenoxy) is 1. The molecule has 9 heteroatoms. The Hall–Kier alpha value is -3.82. The number of carbonyl (C=O) groups is 2. The van der Waals surface area contributed by atoms with Crippen molar-refractivity contribution in [2.45, 2.75) is 58.2 Å². The van der Waals surface area contributed by atoms with E-state index in [2.05, 4.69) is 33.9 Å². The molecule has 4 rings (SSSR count). The fraction of sp³-hybridized carbons (Fsp3) is 0.387. The molecule has 40 heavy (non-hydrogen) atoms. The highest BCUT2D eigenvalue weighted by Gasteiger charge is 2.24. The standard InChI is InChI=1S/C31H37FN4O4/c1-3-21-10-23(17-33-16-21)18-34-19-29(37)28-13-22-11-26(32)15-27(12-22)40-7-5-4-6-35-30(38)24-8-20(2)9-25(14-24)31(39)36-28/h8-12,14-17,28-29,34,37H,3-7,13,18-19H2,1-2H3,(H,35,38)(H,36,39). The first-order valence-electron chi connectivity index (χ1n) is 13.8. The highest BCUT2D eigenvalue weighted by molar-refractivity contribution is 6.00. The van der Waals surface area contributed by atoms with E-state index in [4.69, 9.17) is 4.74 Å². The number of fused-ring (bicyclic) bond motifs is 4. The monoisotopic (exact) mass is 548 g/mol. The first kappa shape index (κ1) is 29.2. The van der Waals surface area contributed by atoms with Crippen LogP contribution in [0.5, 0.6) is 5.75 Å². The number of rotatable bonds is 6. The normalized spacial score (nSPS) is 17.2. The van der Waals surface area contributed by atoms with Crippen LogP contribution in [0.2, 0.25) is 0 Å². The van der Waals surface area contributed by atoms with E-state index in [1.807, 2.05) is 13.1 Å². The van der Waals surface area contributed by atoms with Crippen molar-refractivity contribution in [2.24, 2.45) is 0 Å². The number of hydrogen-bond donors (Lipinski definition) is 4. The Balaban J connectivity index is 1.57. The maximum atomic E-state index is 14.5. The molecule has 1 aliphatic rings. The van der Waals surface area contributed by atoms with E-state index < -0.39 is 23.9 Å². The zero-order chi connectivity index (χ0) is 28.5. The third-order valence-electron chi connectivity index (χ3n) is 6.84. The second kappa shape index (κ2) is 14.0. The smallest absolute Gasteiger partial charge is 0.251 e. The second-order valence-corrected chi connectivity index (χ2v) is 10.2. The van der Waals surface area contributed by atoms with Gasteiger partial charge in [0.25, 0.3) is 11.8 Å². The first-order chi connectivity index (χ1) is 19.3. The minimum atomic E-state index is -0.992. The molecule has 1 aliphatic heterocycles. The molecule has 2 unspecified atom stereocenters. The van der Waals surface area contributed by atoms with Crippen molar-refractivity contribution in [1.29, 1.82) is 0 Å². The molecule has 212 valence electrons. The fourth-order valence-electron chi connectivity index (χ4n) is 4.72. The third kappa shape index (κ3) is 8.34. The van der Waals surface area contributed by atoms with Gasteiger partial charge in [-0.15, -0.1) is 0 Å². The Morgan fingerprint density at radius 2 is 1.82 bits per heavy atom. The molecule has 2 aromatic carbocycles. The summed E-state index contributed by atoms with van der Waals surface area (Å²) in [5.74, 6) is -0.772. The number of aliphatic hydroxyl groups excluding tert-OH is 1. The summed E-state index contributed by atoms with van der Waals surface area (Å²) in [4.78, 5) is 30.4. The maximum Gasteiger partial charge on any atom is 0.251 e. The van der Waals surface area contributed by atoms with Gasteiger partial charge in [0, 0.05) is 49.2 Å². The molecule has 0 fully saturated rings. The van der Waals surface area contributed by atoms with Crippen molar-refractivity contribution in [2.75, 3.05) is 19.7 Å². The average molecular weight is 549 g/mol. The van der Waals surface area contributed by atoms with Crippen LogP contribution in [-0.4, -0.2) is 53.7 Å². The summed E-state index contributed by atoms with van der Waals surface area (Å²) in [6.45, 7) is 5.38. The lowest BCUT2D eigenvalue weighted by Crippen LogP contribution is -2.48. The highest BCUT2D eigenvalue weighted by Crippen LogP contribution is 2.20. The number of halogens is 1. The van der Waals surface area contributed by atoms with Gasteiger partial charge in [-0.05, 0) is 85.2 Å². The summed E-state index contributed by atoms with van der Waals surface area (Å²) >= 11 is 0. The Kier molecular flexibility index (Phi) is 10.2. The Bertz CT molecular complexity index is 1330. The van der Waals surface area contributed by atoms with Crippen molar-refractivity contribution in [3.63, 3.8) is 0 Å². The van der Waals surface area contributed by atoms with Gasteiger partial charge in [-0.1, -0.05) is 13.0 Å². The molecule has 2 heterocycles. The number of hydrogen-bond acceptors (Lipinski definition) is 6. The quantitative estimate of drug-likeness (QED) is 0.375. The van der Waals surface area contributed by atoms with Gasteiger partial charge in [0.15, 0.2) is 0 Å². The van der Waals surface area contributed by atoms with E-state index in [0.717, 1.165) is 23.1 Å². The predicted octanol–water partition coefficient (Wildman–Crippen LogP) is 3.49. The molecular weight excluding hydrogens is 511 g/mol. The lowest BCUT2D eigenvalue weighted by atomic mass is 9.99. The van der Waals surface area contributed by atoms with Crippen molar-refractivity contribution in [3.05, 3.63) is 94.1 Å². The lowest BCUT2D eigenvalue weighted by molar-refractivity contribution is 0.0829. The molecular formula is C31H37FN4O4. The highest BCUT2D eigenvalue weighted by atomic mass is 19.1. The average Bonchev–Trinajstić information content (AvgIpc) is 2.93. The summed E-state index contributed by atoms with van der Waals surface area (Å²) in [7, 11) is 0. The number of aliphatic hydroxyl groups is 1. The second-order valence-electron chi connectivity index (χ2n) is 10.2. The molecule has 0 aliphatic carbocycles. The van der Waals surface area contributed by atoms with Gasteiger partial charge < -0.3 is 25.8 Å². The van der Waals surface area contributed by atoms with Crippen LogP contribution in [0, 0.1) is 12.7 Å². The van der Waals surface area contributed by atoms with Gasteiger partial charge in [-0.25, -0.2) is 4.39 Å². The summed E-state index contributed by atoms with van der Waals surface area (Å²) in [5, 5.41) is 20.2. The maximum absolute atomic E-state index is 14.5. The van der Waals surface area contributed by atoms with E-state index in [1.54, 1.807) is 30.5 Å². The summed E-state index contributed by atoms with van der Waals surface area (Å²) in [5.41, 5.74) is 4.16. The first-order valence-corrected chi connectivity index (χ1v) is 13.8. The molecule has 2 atom stereocenters. The van der Waals surface area contributed by atoms with Crippen LogP contribution in [0.4, 0.5) is 4.39 Å². The fourth-order valence-corrected chi connectivity index (χ4v) is 4.72. The number of pyridine rings is 1. The van der Waals surface area contributed by atoms with E-state index in [9.17, 15) is 19.1 Å². The van der Waals surface area contributed by atoms with Crippen molar-refractivity contribution in [1.82, 2.24) is 20.9 Å². The number of carbonyl (C=O) groups excluding carboxylic acids is 2. The molecule has 8 nitrogen and oxygen atoms in total. The van der Waals surface area contributed by atoms with Gasteiger partial charge in [0.1, 0.15) is 11.6 Å². The minimum absolute atomic E-state index is 0.175. The van der Waals surface area contributed by atoms with Crippen LogP contribution in [0.15, 0.2) is 54.9 Å². The van der Waals surface area contributed by atoms with Crippen molar-refractivity contribution in [3.8, 4) is 5.75 Å². The molecule has 0 saturated heterocycles. The van der Waals surface area contributed by atoms with Crippen molar-refractivity contribution < 1.29 is 23.8 Å². The molecule has 0 radical (unpaired) electrons. The van der Waals surface area contributed by atoms with E-state index in [1.165, 1.54) is 12.1 Å².